The molecule has 12 heavy (non-hydrogen) atoms. The van der Waals surface area contributed by atoms with Crippen LogP contribution in [0.1, 0.15) is 5.56 Å². The van der Waals surface area contributed by atoms with E-state index in [0.29, 0.717) is 5.65 Å². The van der Waals surface area contributed by atoms with Crippen molar-refractivity contribution in [2.75, 3.05) is 0 Å². The molecule has 0 fully saturated rings. The van der Waals surface area contributed by atoms with E-state index in [2.05, 4.69) is 15.0 Å². The highest BCUT2D eigenvalue weighted by molar-refractivity contribution is 5.72. The SMILES string of the molecule is Cc1cc(=O)[nH]c2nccnc12. The highest BCUT2D eigenvalue weighted by atomic mass is 16.1. The highest BCUT2D eigenvalue weighted by Gasteiger charge is 1.99. The standard InChI is InChI=1S/C8H7N3O/c1-5-4-6(12)11-8-7(5)9-2-3-10-8/h2-4H,1H3,(H,10,11,12). The van der Waals surface area contributed by atoms with Crippen molar-refractivity contribution in [1.29, 1.82) is 0 Å². The fourth-order valence-electron chi connectivity index (χ4n) is 1.14. The lowest BCUT2D eigenvalue weighted by Gasteiger charge is -1.96. The number of rotatable bonds is 0. The molecule has 0 aliphatic rings. The Morgan fingerprint density at radius 1 is 1.33 bits per heavy atom. The number of aryl methyl sites for hydroxylation is 1. The van der Waals surface area contributed by atoms with Gasteiger partial charge >= 0.3 is 0 Å². The Kier molecular flexibility index (Phi) is 1.40. The van der Waals surface area contributed by atoms with E-state index in [1.165, 1.54) is 6.07 Å². The summed E-state index contributed by atoms with van der Waals surface area (Å²) in [5, 5.41) is 0. The molecule has 0 unspecified atom stereocenters. The van der Waals surface area contributed by atoms with E-state index >= 15 is 0 Å². The molecule has 0 aliphatic heterocycles. The largest absolute Gasteiger partial charge is 0.305 e. The second kappa shape index (κ2) is 2.41. The number of pyridine rings is 1. The van der Waals surface area contributed by atoms with Crippen molar-refractivity contribution in [2.45, 2.75) is 6.92 Å². The minimum Gasteiger partial charge on any atom is -0.305 e. The van der Waals surface area contributed by atoms with Gasteiger partial charge in [0.15, 0.2) is 5.65 Å². The van der Waals surface area contributed by atoms with E-state index in [4.69, 9.17) is 0 Å². The molecule has 60 valence electrons. The van der Waals surface area contributed by atoms with Gasteiger partial charge in [-0.3, -0.25) is 9.78 Å². The van der Waals surface area contributed by atoms with Gasteiger partial charge in [0, 0.05) is 18.5 Å². The summed E-state index contributed by atoms with van der Waals surface area (Å²) in [6, 6.07) is 1.51. The fraction of sp³-hybridized carbons (Fsp3) is 0.125. The summed E-state index contributed by atoms with van der Waals surface area (Å²) in [4.78, 5) is 21.7. The minimum atomic E-state index is -0.138. The molecule has 0 saturated heterocycles. The Morgan fingerprint density at radius 2 is 2.08 bits per heavy atom. The predicted octanol–water partition coefficient (Wildman–Crippen LogP) is 0.627. The van der Waals surface area contributed by atoms with Crippen molar-refractivity contribution >= 4 is 11.2 Å². The zero-order valence-corrected chi connectivity index (χ0v) is 6.53. The molecule has 1 N–H and O–H groups in total. The number of nitrogens with one attached hydrogen (secondary N) is 1. The van der Waals surface area contributed by atoms with E-state index in [9.17, 15) is 4.79 Å². The van der Waals surface area contributed by atoms with Crippen LogP contribution in [0, 0.1) is 6.92 Å². The summed E-state index contributed by atoms with van der Waals surface area (Å²) in [5.41, 5.74) is 2.00. The van der Waals surface area contributed by atoms with Crippen molar-refractivity contribution in [3.63, 3.8) is 0 Å². The molecule has 0 spiro atoms. The molecule has 0 saturated carbocycles. The van der Waals surface area contributed by atoms with Crippen LogP contribution in [0.25, 0.3) is 11.2 Å². The van der Waals surface area contributed by atoms with Gasteiger partial charge in [0.1, 0.15) is 5.52 Å². The third-order valence-electron chi connectivity index (χ3n) is 1.66. The van der Waals surface area contributed by atoms with Gasteiger partial charge in [0.25, 0.3) is 0 Å². The molecule has 0 radical (unpaired) electrons. The Hall–Kier alpha value is -1.71. The van der Waals surface area contributed by atoms with Crippen molar-refractivity contribution in [3.8, 4) is 0 Å². The minimum absolute atomic E-state index is 0.138. The van der Waals surface area contributed by atoms with Crippen LogP contribution in [-0.2, 0) is 0 Å². The van der Waals surface area contributed by atoms with Gasteiger partial charge < -0.3 is 4.98 Å². The van der Waals surface area contributed by atoms with Crippen molar-refractivity contribution in [2.24, 2.45) is 0 Å². The van der Waals surface area contributed by atoms with Crippen LogP contribution in [-0.4, -0.2) is 15.0 Å². The highest BCUT2D eigenvalue weighted by Crippen LogP contribution is 2.06. The summed E-state index contributed by atoms with van der Waals surface area (Å²) in [6.45, 7) is 1.84. The summed E-state index contributed by atoms with van der Waals surface area (Å²) < 4.78 is 0. The summed E-state index contributed by atoms with van der Waals surface area (Å²) in [7, 11) is 0. The second-order valence-electron chi connectivity index (χ2n) is 2.57. The fourth-order valence-corrected chi connectivity index (χ4v) is 1.14. The van der Waals surface area contributed by atoms with Crippen LogP contribution in [0.5, 0.6) is 0 Å². The molecule has 2 heterocycles. The van der Waals surface area contributed by atoms with E-state index < -0.39 is 0 Å². The maximum atomic E-state index is 11.0. The number of hydrogen-bond donors (Lipinski definition) is 1. The lowest BCUT2D eigenvalue weighted by molar-refractivity contribution is 1.17. The molecule has 0 aliphatic carbocycles. The first-order valence-electron chi connectivity index (χ1n) is 3.58. The van der Waals surface area contributed by atoms with Gasteiger partial charge in [-0.15, -0.1) is 0 Å². The van der Waals surface area contributed by atoms with E-state index in [1.54, 1.807) is 12.4 Å². The first-order chi connectivity index (χ1) is 5.77. The molecular weight excluding hydrogens is 154 g/mol. The number of nitrogens with zero attached hydrogens (tertiary/aromatic N) is 2. The van der Waals surface area contributed by atoms with Crippen LogP contribution in [0.3, 0.4) is 0 Å². The molecule has 2 aromatic rings. The summed E-state index contributed by atoms with van der Waals surface area (Å²) >= 11 is 0. The van der Waals surface area contributed by atoms with Gasteiger partial charge in [0.2, 0.25) is 5.56 Å². The second-order valence-corrected chi connectivity index (χ2v) is 2.57. The molecule has 2 aromatic heterocycles. The van der Waals surface area contributed by atoms with Gasteiger partial charge in [0.05, 0.1) is 0 Å². The first kappa shape index (κ1) is 6.97. The zero-order chi connectivity index (χ0) is 8.55. The summed E-state index contributed by atoms with van der Waals surface area (Å²) in [6.07, 6.45) is 3.16. The van der Waals surface area contributed by atoms with Gasteiger partial charge in [-0.1, -0.05) is 0 Å². The Bertz CT molecular complexity index is 475. The maximum absolute atomic E-state index is 11.0. The predicted molar refractivity (Wildman–Crippen MR) is 44.9 cm³/mol. The molecule has 4 nitrogen and oxygen atoms in total. The zero-order valence-electron chi connectivity index (χ0n) is 6.53. The Morgan fingerprint density at radius 3 is 2.92 bits per heavy atom. The molecular formula is C8H7N3O. The van der Waals surface area contributed by atoms with Crippen LogP contribution < -0.4 is 5.56 Å². The van der Waals surface area contributed by atoms with Crippen LogP contribution >= 0.6 is 0 Å². The molecule has 0 amide bonds. The monoisotopic (exact) mass is 161 g/mol. The van der Waals surface area contributed by atoms with Crippen LogP contribution in [0.2, 0.25) is 0 Å². The van der Waals surface area contributed by atoms with E-state index in [-0.39, 0.29) is 5.56 Å². The molecule has 2 rings (SSSR count). The van der Waals surface area contributed by atoms with E-state index in [1.807, 2.05) is 6.92 Å². The molecule has 0 atom stereocenters. The van der Waals surface area contributed by atoms with Crippen LogP contribution in [0.4, 0.5) is 0 Å². The Labute approximate surface area is 68.3 Å². The Balaban J connectivity index is 2.99. The third kappa shape index (κ3) is 0.972. The van der Waals surface area contributed by atoms with Crippen molar-refractivity contribution in [1.82, 2.24) is 15.0 Å². The van der Waals surface area contributed by atoms with Gasteiger partial charge in [-0.05, 0) is 12.5 Å². The summed E-state index contributed by atoms with van der Waals surface area (Å²) in [5.74, 6) is 0. The van der Waals surface area contributed by atoms with Crippen LogP contribution in [0.15, 0.2) is 23.3 Å². The smallest absolute Gasteiger partial charge is 0.249 e. The first-order valence-corrected chi connectivity index (χ1v) is 3.58. The average molecular weight is 161 g/mol. The van der Waals surface area contributed by atoms with Gasteiger partial charge in [-0.2, -0.15) is 0 Å². The van der Waals surface area contributed by atoms with Gasteiger partial charge in [-0.25, -0.2) is 4.98 Å². The molecule has 4 heteroatoms. The third-order valence-corrected chi connectivity index (χ3v) is 1.66. The van der Waals surface area contributed by atoms with Crippen molar-refractivity contribution < 1.29 is 0 Å². The van der Waals surface area contributed by atoms with Crippen molar-refractivity contribution in [3.05, 3.63) is 34.4 Å². The number of H-pyrrole nitrogens is 1. The number of aromatic nitrogens is 3. The number of hydrogen-bond acceptors (Lipinski definition) is 3. The number of fused-ring (bicyclic) bond motifs is 1. The average Bonchev–Trinajstić information content (AvgIpc) is 2.04. The lowest BCUT2D eigenvalue weighted by atomic mass is 10.2. The molecule has 0 bridgehead atoms. The maximum Gasteiger partial charge on any atom is 0.249 e. The lowest BCUT2D eigenvalue weighted by Crippen LogP contribution is -2.06. The van der Waals surface area contributed by atoms with E-state index in [0.717, 1.165) is 11.1 Å². The normalized spacial score (nSPS) is 10.4. The molecule has 0 aromatic carbocycles. The topological polar surface area (TPSA) is 58.6 Å². The number of aromatic amines is 1. The quantitative estimate of drug-likeness (QED) is 0.616.